The van der Waals surface area contributed by atoms with Crippen molar-refractivity contribution in [2.24, 2.45) is 11.5 Å². The number of thiol groups is 2. The van der Waals surface area contributed by atoms with Crippen molar-refractivity contribution in [3.05, 3.63) is 136 Å². The second-order valence-electron chi connectivity index (χ2n) is 25.3. The summed E-state index contributed by atoms with van der Waals surface area (Å²) in [5.74, 6) is -14.8. The van der Waals surface area contributed by atoms with E-state index in [0.29, 0.717) is 33.2 Å². The SMILES string of the molecule is CSCC[C@H](NC(=O)[C@@H]1CCCN1C(=O)[C@@H](NC(=O)[C@H](CCC(N)=O)NC(=O)[C@H](CS)NC(=O)c1ccccc1-c1c2ccc(=O)cc-2oc2cc(O)ccc12)[C@@H](C)O)C(=O)N[C@@H](Cc1ccc(O)cc1)C(=O)N[C@@H](CC(N)=O)C(=O)N[C@H](C(=O)N[C@@H](Cc1ccc(O)cc1)C(=O)N[C@@H](CS)C(=O)O)[C@@H](C)O. The number of phenolic OH excluding ortho intramolecular Hbond substituents is 3. The number of likely N-dealkylation sites (tertiary alicyclic amines) is 1. The van der Waals surface area contributed by atoms with Gasteiger partial charge in [0.25, 0.3) is 5.91 Å². The standard InChI is InChI=1S/C71H84N12O21S3/c1-34(84)59(69(100)78-49(28-37-12-16-39(87)17-13-37)65(96)80-52(33-106)71(102)103)81-66(97)50(31-57(73)91)77-64(95)48(27-36-10-14-38(86)15-11-36)76-62(93)47(24-26-107-3)75-68(99)53-9-6-25-83(53)70(101)60(35(2)85)82-63(94)46(22-23-56(72)90)74-67(98)51(32-105)79-61(92)43-8-5-4-7-42(43)58-44-20-18-40(88)29-54(44)104-55-30-41(89)19-21-45(55)58/h4-5,7-8,10-21,29-30,34-35,46-53,59-60,84-88,105-106H,6,9,22-28,31-33H2,1-3H3,(H2,72,90)(H2,73,91)(H,74,98)(H,75,99)(H,76,93)(H,77,95)(H,78,100)(H,79,92)(H,80,96)(H,81,97)(H,82,94)(H,102,103)/t34-,35-,46+,47+,48+,49+,50+,51+,52+,53+,59+,60+/m1/s1. The molecule has 1 saturated heterocycles. The highest BCUT2D eigenvalue weighted by atomic mass is 32.2. The van der Waals surface area contributed by atoms with Crippen LogP contribution in [-0.2, 0) is 70.4 Å². The van der Waals surface area contributed by atoms with E-state index in [2.05, 4.69) is 73.1 Å². The predicted octanol–water partition coefficient (Wildman–Crippen LogP) is -1.27. The smallest absolute Gasteiger partial charge is 0.327 e. The lowest BCUT2D eigenvalue weighted by Gasteiger charge is -2.32. The fraction of sp³-hybridized carbons (Fsp3) is 0.380. The number of aromatic hydroxyl groups is 3. The molecule has 0 bridgehead atoms. The molecule has 12 amide bonds. The number of carboxylic acid groups (broad SMARTS) is 1. The third-order valence-electron chi connectivity index (χ3n) is 17.3. The summed E-state index contributed by atoms with van der Waals surface area (Å²) in [6.07, 6.45) is -4.31. The topological polar surface area (TPSA) is 537 Å². The number of carboxylic acids is 1. The van der Waals surface area contributed by atoms with Crippen LogP contribution in [0.4, 0.5) is 0 Å². The van der Waals surface area contributed by atoms with Crippen molar-refractivity contribution in [1.29, 1.82) is 0 Å². The molecule has 4 aromatic carbocycles. The number of hydrogen-bond acceptors (Lipinski definition) is 23. The van der Waals surface area contributed by atoms with Crippen LogP contribution in [0.25, 0.3) is 33.4 Å². The summed E-state index contributed by atoms with van der Waals surface area (Å²) >= 11 is 9.55. The molecule has 0 radical (unpaired) electrons. The molecule has 19 N–H and O–H groups in total. The van der Waals surface area contributed by atoms with Gasteiger partial charge in [-0.2, -0.15) is 37.0 Å². The number of aliphatic carboxylic acids is 1. The number of fused-ring (bicyclic) bond motifs is 2. The van der Waals surface area contributed by atoms with E-state index in [1.807, 2.05) is 0 Å². The number of primary amides is 2. The van der Waals surface area contributed by atoms with Crippen LogP contribution in [0, 0.1) is 0 Å². The molecule has 7 rings (SSSR count). The van der Waals surface area contributed by atoms with Crippen molar-refractivity contribution in [3.63, 3.8) is 0 Å². The molecule has 3 aliphatic rings. The third kappa shape index (κ3) is 23.0. The number of nitrogens with two attached hydrogens (primary N) is 2. The Labute approximate surface area is 627 Å². The third-order valence-corrected chi connectivity index (χ3v) is 18.7. The summed E-state index contributed by atoms with van der Waals surface area (Å²) < 4.78 is 5.98. The normalized spacial score (nSPS) is 15.7. The molecule has 36 heteroatoms. The molecule has 2 aliphatic heterocycles. The molecular formula is C71H84N12O21S3. The lowest BCUT2D eigenvalue weighted by Crippen LogP contribution is -2.62. The first-order valence-corrected chi connectivity index (χ1v) is 36.2. The van der Waals surface area contributed by atoms with Gasteiger partial charge in [0.05, 0.1) is 18.6 Å². The predicted molar refractivity (Wildman–Crippen MR) is 395 cm³/mol. The number of benzene rings is 5. The van der Waals surface area contributed by atoms with Crippen LogP contribution in [0.5, 0.6) is 17.2 Å². The maximum absolute atomic E-state index is 14.6. The Balaban J connectivity index is 1.06. The Morgan fingerprint density at radius 3 is 1.64 bits per heavy atom. The molecule has 12 atom stereocenters. The van der Waals surface area contributed by atoms with E-state index in [1.54, 1.807) is 30.5 Å². The van der Waals surface area contributed by atoms with Gasteiger partial charge >= 0.3 is 5.97 Å². The van der Waals surface area contributed by atoms with E-state index in [1.165, 1.54) is 96.7 Å². The summed E-state index contributed by atoms with van der Waals surface area (Å²) in [7, 11) is 0. The lowest BCUT2D eigenvalue weighted by atomic mass is 9.90. The van der Waals surface area contributed by atoms with E-state index in [4.69, 9.17) is 15.9 Å². The van der Waals surface area contributed by atoms with Crippen LogP contribution < -0.4 is 64.7 Å². The molecule has 107 heavy (non-hydrogen) atoms. The first-order chi connectivity index (χ1) is 50.8. The molecule has 0 saturated carbocycles. The number of thioether (sulfide) groups is 1. The molecule has 1 fully saturated rings. The quantitative estimate of drug-likeness (QED) is 0.0160. The highest BCUT2D eigenvalue weighted by Crippen LogP contribution is 2.42. The van der Waals surface area contributed by atoms with Gasteiger partial charge in [-0.25, -0.2) is 4.79 Å². The monoisotopic (exact) mass is 1540 g/mol. The van der Waals surface area contributed by atoms with Gasteiger partial charge in [0.15, 0.2) is 5.43 Å². The number of aliphatic hydroxyl groups excluding tert-OH is 2. The van der Waals surface area contributed by atoms with Gasteiger partial charge in [0.1, 0.15) is 89.0 Å². The molecule has 0 aromatic heterocycles. The number of rotatable bonds is 37. The van der Waals surface area contributed by atoms with Gasteiger partial charge < -0.3 is 99.3 Å². The summed E-state index contributed by atoms with van der Waals surface area (Å²) in [6.45, 7) is 2.12. The molecule has 0 unspecified atom stereocenters. The van der Waals surface area contributed by atoms with Crippen molar-refractivity contribution < 1.29 is 97.4 Å². The second kappa shape index (κ2) is 38.9. The Kier molecular flexibility index (Phi) is 30.3. The van der Waals surface area contributed by atoms with Crippen molar-refractivity contribution >= 4 is 125 Å². The van der Waals surface area contributed by atoms with E-state index >= 15 is 0 Å². The maximum Gasteiger partial charge on any atom is 0.327 e. The number of nitrogens with zero attached hydrogens (tertiary/aromatic N) is 1. The van der Waals surface area contributed by atoms with Gasteiger partial charge in [-0.15, -0.1) is 0 Å². The average molecular weight is 1540 g/mol. The maximum atomic E-state index is 14.6. The number of phenols is 3. The minimum atomic E-state index is -1.96. The molecule has 2 heterocycles. The van der Waals surface area contributed by atoms with Crippen molar-refractivity contribution in [3.8, 4) is 39.7 Å². The van der Waals surface area contributed by atoms with Crippen LogP contribution in [0.2, 0.25) is 0 Å². The number of hydrogen-bond donors (Lipinski definition) is 19. The van der Waals surface area contributed by atoms with Gasteiger partial charge in [0, 0.05) is 71.5 Å². The molecular weight excluding hydrogens is 1450 g/mol. The lowest BCUT2D eigenvalue weighted by molar-refractivity contribution is -0.144. The van der Waals surface area contributed by atoms with Crippen molar-refractivity contribution in [1.82, 2.24) is 52.8 Å². The van der Waals surface area contributed by atoms with Crippen LogP contribution in [0.1, 0.15) is 73.9 Å². The van der Waals surface area contributed by atoms with E-state index in [0.717, 1.165) is 18.7 Å². The Bertz CT molecular complexity index is 4300. The van der Waals surface area contributed by atoms with Crippen molar-refractivity contribution in [2.45, 2.75) is 138 Å². The highest BCUT2D eigenvalue weighted by molar-refractivity contribution is 7.98. The second-order valence-corrected chi connectivity index (χ2v) is 27.0. The molecule has 0 spiro atoms. The first-order valence-electron chi connectivity index (χ1n) is 33.6. The number of nitrogens with one attached hydrogen (secondary N) is 9. The first kappa shape index (κ1) is 83.3. The van der Waals surface area contributed by atoms with Gasteiger partial charge in [-0.05, 0) is 123 Å². The fourth-order valence-electron chi connectivity index (χ4n) is 11.7. The van der Waals surface area contributed by atoms with Crippen LogP contribution in [0.3, 0.4) is 0 Å². The Hall–Kier alpha value is -10.9. The van der Waals surface area contributed by atoms with Crippen molar-refractivity contribution in [2.75, 3.05) is 30.1 Å². The zero-order valence-corrected chi connectivity index (χ0v) is 60.6. The van der Waals surface area contributed by atoms with Gasteiger partial charge in [-0.3, -0.25) is 62.3 Å². The summed E-state index contributed by atoms with van der Waals surface area (Å²) in [5.41, 5.74) is 12.8. The van der Waals surface area contributed by atoms with E-state index in [-0.39, 0.29) is 95.5 Å². The molecule has 4 aromatic rings. The summed E-state index contributed by atoms with van der Waals surface area (Å²) in [4.78, 5) is 193. The van der Waals surface area contributed by atoms with Gasteiger partial charge in [-0.1, -0.05) is 42.5 Å². The molecule has 1 aliphatic carbocycles. The highest BCUT2D eigenvalue weighted by Gasteiger charge is 2.43. The molecule has 572 valence electrons. The van der Waals surface area contributed by atoms with Crippen LogP contribution in [-0.4, -0.2) is 215 Å². The number of amides is 12. The largest absolute Gasteiger partial charge is 0.508 e. The average Bonchev–Trinajstić information content (AvgIpc) is 1.56. The van der Waals surface area contributed by atoms with Crippen LogP contribution in [0.15, 0.2) is 118 Å². The minimum absolute atomic E-state index is 0.0131. The number of aliphatic hydroxyl groups is 2. The van der Waals surface area contributed by atoms with Gasteiger partial charge in [0.2, 0.25) is 65.0 Å². The zero-order chi connectivity index (χ0) is 78.5. The molecule has 33 nitrogen and oxygen atoms in total. The zero-order valence-electron chi connectivity index (χ0n) is 58.0. The summed E-state index contributed by atoms with van der Waals surface area (Å²) in [6, 6.07) is 8.88. The minimum Gasteiger partial charge on any atom is -0.508 e. The van der Waals surface area contributed by atoms with Crippen LogP contribution >= 0.6 is 37.0 Å². The number of carbonyl (C=O) groups excluding carboxylic acids is 12. The van der Waals surface area contributed by atoms with E-state index < -0.39 is 169 Å². The van der Waals surface area contributed by atoms with E-state index in [9.17, 15) is 97.8 Å². The number of carbonyl (C=O) groups is 13. The summed E-state index contributed by atoms with van der Waals surface area (Å²) in [5, 5.41) is 84.4. The fourth-order valence-corrected chi connectivity index (χ4v) is 12.7. The Morgan fingerprint density at radius 1 is 0.561 bits per heavy atom. The Morgan fingerprint density at radius 2 is 1.07 bits per heavy atom.